The van der Waals surface area contributed by atoms with Crippen LogP contribution in [-0.4, -0.2) is 30.9 Å². The van der Waals surface area contributed by atoms with Crippen LogP contribution in [0, 0.1) is 5.92 Å². The highest BCUT2D eigenvalue weighted by molar-refractivity contribution is 6.47. The molecule has 0 amide bonds. The fourth-order valence-electron chi connectivity index (χ4n) is 3.56. The summed E-state index contributed by atoms with van der Waals surface area (Å²) in [7, 11) is -0.113. The second kappa shape index (κ2) is 7.12. The van der Waals surface area contributed by atoms with Crippen LogP contribution in [0.2, 0.25) is 5.82 Å². The Morgan fingerprint density at radius 3 is 2.16 bits per heavy atom. The zero-order chi connectivity index (χ0) is 18.1. The molecule has 3 rings (SSSR count). The number of esters is 1. The van der Waals surface area contributed by atoms with E-state index in [1.165, 1.54) is 0 Å². The van der Waals surface area contributed by atoms with E-state index in [2.05, 4.69) is 27.7 Å². The minimum atomic E-state index is -0.264. The summed E-state index contributed by atoms with van der Waals surface area (Å²) >= 11 is 0. The SMILES string of the molecule is CC1(C)OB(C2CCC(COC(=O)c3ccccc3)CC2)OC1(C)C. The monoisotopic (exact) mass is 344 g/mol. The quantitative estimate of drug-likeness (QED) is 0.596. The Kier molecular flexibility index (Phi) is 5.26. The molecule has 0 radical (unpaired) electrons. The zero-order valence-electron chi connectivity index (χ0n) is 15.8. The molecule has 1 aromatic carbocycles. The molecule has 2 aliphatic rings. The summed E-state index contributed by atoms with van der Waals surface area (Å²) in [5.41, 5.74) is 0.0906. The fraction of sp³-hybridized carbons (Fsp3) is 0.650. The van der Waals surface area contributed by atoms with Crippen LogP contribution >= 0.6 is 0 Å². The standard InChI is InChI=1S/C20H29BO4/c1-19(2)20(3,4)25-21(24-19)17-12-10-15(11-13-17)14-23-18(22)16-8-6-5-7-9-16/h5-9,15,17H,10-14H2,1-4H3. The lowest BCUT2D eigenvalue weighted by Crippen LogP contribution is -2.41. The maximum absolute atomic E-state index is 12.0. The van der Waals surface area contributed by atoms with Crippen LogP contribution in [0.4, 0.5) is 0 Å². The molecule has 1 aliphatic carbocycles. The lowest BCUT2D eigenvalue weighted by atomic mass is 9.63. The van der Waals surface area contributed by atoms with E-state index >= 15 is 0 Å². The molecule has 0 atom stereocenters. The number of hydrogen-bond acceptors (Lipinski definition) is 4. The molecule has 4 nitrogen and oxygen atoms in total. The van der Waals surface area contributed by atoms with Gasteiger partial charge in [0.1, 0.15) is 0 Å². The second-order valence-electron chi connectivity index (χ2n) is 8.37. The summed E-state index contributed by atoms with van der Waals surface area (Å²) in [4.78, 5) is 12.0. The first-order chi connectivity index (χ1) is 11.8. The van der Waals surface area contributed by atoms with Crippen molar-refractivity contribution in [3.8, 4) is 0 Å². The molecule has 2 fully saturated rings. The van der Waals surface area contributed by atoms with Gasteiger partial charge in [0.15, 0.2) is 0 Å². The number of carbonyl (C=O) groups is 1. The summed E-state index contributed by atoms with van der Waals surface area (Å²) in [5.74, 6) is 0.641. The van der Waals surface area contributed by atoms with E-state index in [4.69, 9.17) is 14.0 Å². The van der Waals surface area contributed by atoms with Crippen LogP contribution in [-0.2, 0) is 14.0 Å². The molecule has 1 aromatic rings. The molecular formula is C20H29BO4. The topological polar surface area (TPSA) is 44.8 Å². The van der Waals surface area contributed by atoms with Crippen LogP contribution in [0.3, 0.4) is 0 Å². The molecule has 0 aromatic heterocycles. The Bertz CT molecular complexity index is 575. The summed E-state index contributed by atoms with van der Waals surface area (Å²) in [5, 5.41) is 0. The molecule has 5 heteroatoms. The summed E-state index contributed by atoms with van der Waals surface area (Å²) in [6, 6.07) is 9.18. The van der Waals surface area contributed by atoms with Gasteiger partial charge in [-0.25, -0.2) is 4.79 Å². The van der Waals surface area contributed by atoms with E-state index in [9.17, 15) is 4.79 Å². The van der Waals surface area contributed by atoms with Crippen LogP contribution < -0.4 is 0 Å². The van der Waals surface area contributed by atoms with Crippen molar-refractivity contribution in [2.75, 3.05) is 6.61 Å². The smallest absolute Gasteiger partial charge is 0.461 e. The summed E-state index contributed by atoms with van der Waals surface area (Å²) in [6.07, 6.45) is 4.22. The van der Waals surface area contributed by atoms with Crippen LogP contribution in [0.25, 0.3) is 0 Å². The Morgan fingerprint density at radius 1 is 1.04 bits per heavy atom. The first-order valence-corrected chi connectivity index (χ1v) is 9.36. The number of ether oxygens (including phenoxy) is 1. The predicted molar refractivity (Wildman–Crippen MR) is 98.5 cm³/mol. The number of benzene rings is 1. The van der Waals surface area contributed by atoms with Gasteiger partial charge < -0.3 is 14.0 Å². The lowest BCUT2D eigenvalue weighted by molar-refractivity contribution is 0.00578. The maximum Gasteiger partial charge on any atom is 0.461 e. The van der Waals surface area contributed by atoms with Gasteiger partial charge in [-0.3, -0.25) is 0 Å². The van der Waals surface area contributed by atoms with E-state index in [1.807, 2.05) is 18.2 Å². The third kappa shape index (κ3) is 4.09. The van der Waals surface area contributed by atoms with Crippen LogP contribution in [0.15, 0.2) is 30.3 Å². The summed E-state index contributed by atoms with van der Waals surface area (Å²) in [6.45, 7) is 8.90. The molecule has 0 spiro atoms. The molecule has 1 saturated heterocycles. The van der Waals surface area contributed by atoms with Gasteiger partial charge in [-0.1, -0.05) is 31.0 Å². The van der Waals surface area contributed by atoms with Gasteiger partial charge >= 0.3 is 13.1 Å². The first kappa shape index (κ1) is 18.5. The molecule has 1 aliphatic heterocycles. The average Bonchev–Trinajstić information content (AvgIpc) is 2.82. The molecule has 1 saturated carbocycles. The van der Waals surface area contributed by atoms with Gasteiger partial charge in [0.25, 0.3) is 0 Å². The highest BCUT2D eigenvalue weighted by Gasteiger charge is 2.53. The van der Waals surface area contributed by atoms with Gasteiger partial charge in [-0.05, 0) is 64.4 Å². The van der Waals surface area contributed by atoms with Crippen molar-refractivity contribution in [1.29, 1.82) is 0 Å². The van der Waals surface area contributed by atoms with E-state index in [1.54, 1.807) is 12.1 Å². The minimum absolute atomic E-state index is 0.113. The zero-order valence-corrected chi connectivity index (χ0v) is 15.8. The van der Waals surface area contributed by atoms with Crippen molar-refractivity contribution in [2.45, 2.75) is 70.4 Å². The Hall–Kier alpha value is -1.33. The lowest BCUT2D eigenvalue weighted by Gasteiger charge is -2.32. The van der Waals surface area contributed by atoms with Gasteiger partial charge in [0.2, 0.25) is 0 Å². The highest BCUT2D eigenvalue weighted by atomic mass is 16.7. The molecule has 0 unspecified atom stereocenters. The van der Waals surface area contributed by atoms with E-state index in [0.29, 0.717) is 23.9 Å². The van der Waals surface area contributed by atoms with E-state index in [-0.39, 0.29) is 24.3 Å². The first-order valence-electron chi connectivity index (χ1n) is 9.36. The van der Waals surface area contributed by atoms with Crippen molar-refractivity contribution < 1.29 is 18.8 Å². The molecular weight excluding hydrogens is 315 g/mol. The van der Waals surface area contributed by atoms with Crippen molar-refractivity contribution >= 4 is 13.1 Å². The number of rotatable bonds is 4. The van der Waals surface area contributed by atoms with E-state index in [0.717, 1.165) is 25.7 Å². The third-order valence-corrected chi connectivity index (χ3v) is 6.01. The van der Waals surface area contributed by atoms with Crippen LogP contribution in [0.1, 0.15) is 63.7 Å². The number of hydrogen-bond donors (Lipinski definition) is 0. The normalized spacial score (nSPS) is 27.9. The Balaban J connectivity index is 1.44. The molecule has 1 heterocycles. The minimum Gasteiger partial charge on any atom is -0.462 e. The van der Waals surface area contributed by atoms with Crippen LogP contribution in [0.5, 0.6) is 0 Å². The van der Waals surface area contributed by atoms with Crippen molar-refractivity contribution in [3.63, 3.8) is 0 Å². The Morgan fingerprint density at radius 2 is 1.60 bits per heavy atom. The van der Waals surface area contributed by atoms with Crippen molar-refractivity contribution in [2.24, 2.45) is 5.92 Å². The average molecular weight is 344 g/mol. The van der Waals surface area contributed by atoms with E-state index < -0.39 is 0 Å². The predicted octanol–water partition coefficient (Wildman–Crippen LogP) is 4.50. The second-order valence-corrected chi connectivity index (χ2v) is 8.37. The number of carbonyl (C=O) groups excluding carboxylic acids is 1. The molecule has 25 heavy (non-hydrogen) atoms. The highest BCUT2D eigenvalue weighted by Crippen LogP contribution is 2.44. The van der Waals surface area contributed by atoms with Gasteiger partial charge in [-0.2, -0.15) is 0 Å². The molecule has 136 valence electrons. The van der Waals surface area contributed by atoms with Gasteiger partial charge in [-0.15, -0.1) is 0 Å². The molecule has 0 N–H and O–H groups in total. The fourth-order valence-corrected chi connectivity index (χ4v) is 3.56. The largest absolute Gasteiger partial charge is 0.462 e. The summed E-state index contributed by atoms with van der Waals surface area (Å²) < 4.78 is 17.9. The Labute approximate surface area is 151 Å². The van der Waals surface area contributed by atoms with Crippen molar-refractivity contribution in [1.82, 2.24) is 0 Å². The van der Waals surface area contributed by atoms with Gasteiger partial charge in [0, 0.05) is 0 Å². The van der Waals surface area contributed by atoms with Gasteiger partial charge in [0.05, 0.1) is 23.4 Å². The maximum atomic E-state index is 12.0. The van der Waals surface area contributed by atoms with Crippen molar-refractivity contribution in [3.05, 3.63) is 35.9 Å². The third-order valence-electron chi connectivity index (χ3n) is 6.01. The molecule has 0 bridgehead atoms.